The average molecular weight is 646 g/mol. The third kappa shape index (κ3) is 8.98. The average Bonchev–Trinajstić information content (AvgIpc) is 3.50. The van der Waals surface area contributed by atoms with Crippen molar-refractivity contribution < 1.29 is 23.8 Å². The lowest BCUT2D eigenvalue weighted by molar-refractivity contribution is -0.160. The van der Waals surface area contributed by atoms with Crippen molar-refractivity contribution in [2.24, 2.45) is 5.41 Å². The lowest BCUT2D eigenvalue weighted by atomic mass is 9.81. The highest BCUT2D eigenvalue weighted by Crippen LogP contribution is 2.45. The Labute approximate surface area is 280 Å². The number of hydrogen-bond donors (Lipinski definition) is 1. The summed E-state index contributed by atoms with van der Waals surface area (Å²) in [4.78, 5) is 22.5. The summed E-state index contributed by atoms with van der Waals surface area (Å²) in [6.07, 6.45) is 3.20. The Morgan fingerprint density at radius 3 is 2.17 bits per heavy atom. The van der Waals surface area contributed by atoms with E-state index in [1.165, 1.54) is 12.1 Å². The number of carbonyl (C=O) groups is 1. The number of halogens is 1. The van der Waals surface area contributed by atoms with Crippen LogP contribution in [0.4, 0.5) is 10.1 Å². The molecule has 2 aliphatic rings. The number of aliphatic carboxylic acids is 1. The van der Waals surface area contributed by atoms with E-state index in [-0.39, 0.29) is 17.3 Å². The molecule has 0 saturated carbocycles. The number of nitrogens with zero attached hydrogens (tertiary/aromatic N) is 3. The van der Waals surface area contributed by atoms with Gasteiger partial charge in [0.1, 0.15) is 5.82 Å². The minimum atomic E-state index is -1.15. The Kier molecular flexibility index (Phi) is 10.7. The number of anilines is 1. The van der Waals surface area contributed by atoms with Gasteiger partial charge < -0.3 is 19.5 Å². The summed E-state index contributed by atoms with van der Waals surface area (Å²) in [5, 5.41) is 10.5. The summed E-state index contributed by atoms with van der Waals surface area (Å²) in [5.41, 5.74) is 6.87. The Balaban J connectivity index is 1.51. The number of benzene rings is 2. The van der Waals surface area contributed by atoms with E-state index in [0.29, 0.717) is 17.8 Å². The molecule has 1 aromatic heterocycles. The van der Waals surface area contributed by atoms with Crippen LogP contribution in [0.5, 0.6) is 0 Å². The fraction of sp³-hybridized carbons (Fsp3) is 0.538. The van der Waals surface area contributed by atoms with Crippen LogP contribution in [0.3, 0.4) is 0 Å². The third-order valence-electron chi connectivity index (χ3n) is 9.42. The molecule has 3 aromatic rings. The smallest absolute Gasteiger partial charge is 0.337 e. The number of rotatable bonds is 11. The van der Waals surface area contributed by atoms with E-state index in [4.69, 9.17) is 14.5 Å². The normalized spacial score (nSPS) is 18.9. The highest BCUT2D eigenvalue weighted by Gasteiger charge is 2.36. The van der Waals surface area contributed by atoms with Gasteiger partial charge in [-0.05, 0) is 94.5 Å². The summed E-state index contributed by atoms with van der Waals surface area (Å²) < 4.78 is 25.8. The molecule has 5 rings (SSSR count). The Bertz CT molecular complexity index is 1520. The van der Waals surface area contributed by atoms with Crippen molar-refractivity contribution >= 4 is 11.7 Å². The van der Waals surface area contributed by atoms with Crippen LogP contribution >= 0.6 is 0 Å². The van der Waals surface area contributed by atoms with Crippen molar-refractivity contribution in [3.8, 4) is 11.1 Å². The number of piperidine rings is 1. The summed E-state index contributed by atoms with van der Waals surface area (Å²) in [6, 6.07) is 15.3. The second-order valence-corrected chi connectivity index (χ2v) is 15.1. The van der Waals surface area contributed by atoms with E-state index >= 15 is 0 Å². The molecule has 2 aliphatic heterocycles. The zero-order valence-electron chi connectivity index (χ0n) is 29.2. The quantitative estimate of drug-likeness (QED) is 0.225. The first-order chi connectivity index (χ1) is 22.2. The second-order valence-electron chi connectivity index (χ2n) is 15.1. The van der Waals surface area contributed by atoms with Gasteiger partial charge in [0.05, 0.1) is 17.4 Å². The standard InChI is InChI=1S/C39H52FN3O4/c1-26-33(35(43-20-18-39(6,7)19-21-43)34(27(2)41-26)36(37(44)45)47-38(3,4)5)30-14-10-28(11-15-30)23-42(25-32-9-8-22-46-32)24-29-12-16-31(40)17-13-29/h10-17,32,36H,8-9,18-25H2,1-7H3,(H,44,45)/t32-,36-/m0/s1. The second kappa shape index (κ2) is 14.4. The molecule has 47 heavy (non-hydrogen) atoms. The lowest BCUT2D eigenvalue weighted by Crippen LogP contribution is -2.39. The molecule has 2 saturated heterocycles. The van der Waals surface area contributed by atoms with Gasteiger partial charge in [-0.15, -0.1) is 0 Å². The first-order valence-electron chi connectivity index (χ1n) is 17.0. The van der Waals surface area contributed by atoms with Gasteiger partial charge in [0.2, 0.25) is 0 Å². The van der Waals surface area contributed by atoms with Crippen LogP contribution in [0.1, 0.15) is 94.5 Å². The Morgan fingerprint density at radius 2 is 1.64 bits per heavy atom. The molecule has 0 spiro atoms. The molecular weight excluding hydrogens is 593 g/mol. The number of hydrogen-bond acceptors (Lipinski definition) is 6. The van der Waals surface area contributed by atoms with Gasteiger partial charge >= 0.3 is 5.97 Å². The fourth-order valence-corrected chi connectivity index (χ4v) is 6.90. The molecule has 2 aromatic carbocycles. The molecule has 8 heteroatoms. The van der Waals surface area contributed by atoms with Crippen LogP contribution in [0.25, 0.3) is 11.1 Å². The topological polar surface area (TPSA) is 75.1 Å². The predicted molar refractivity (Wildman–Crippen MR) is 185 cm³/mol. The number of carboxylic acid groups (broad SMARTS) is 1. The van der Waals surface area contributed by atoms with Crippen molar-refractivity contribution in [1.82, 2.24) is 9.88 Å². The minimum Gasteiger partial charge on any atom is -0.479 e. The predicted octanol–water partition coefficient (Wildman–Crippen LogP) is 8.25. The third-order valence-corrected chi connectivity index (χ3v) is 9.42. The molecule has 1 N–H and O–H groups in total. The first-order valence-corrected chi connectivity index (χ1v) is 17.0. The van der Waals surface area contributed by atoms with Crippen molar-refractivity contribution in [3.05, 3.63) is 82.4 Å². The molecule has 3 heterocycles. The van der Waals surface area contributed by atoms with Crippen LogP contribution in [0.2, 0.25) is 0 Å². The summed E-state index contributed by atoms with van der Waals surface area (Å²) >= 11 is 0. The highest BCUT2D eigenvalue weighted by molar-refractivity contribution is 5.88. The monoisotopic (exact) mass is 645 g/mol. The van der Waals surface area contributed by atoms with E-state index in [0.717, 1.165) is 92.1 Å². The summed E-state index contributed by atoms with van der Waals surface area (Å²) in [6.45, 7) is 18.9. The molecule has 0 radical (unpaired) electrons. The number of pyridine rings is 1. The Hall–Kier alpha value is -3.33. The molecule has 7 nitrogen and oxygen atoms in total. The van der Waals surface area contributed by atoms with Crippen LogP contribution in [-0.2, 0) is 27.4 Å². The number of carboxylic acids is 1. The maximum atomic E-state index is 13.6. The van der Waals surface area contributed by atoms with Crippen molar-refractivity contribution in [2.75, 3.05) is 31.1 Å². The van der Waals surface area contributed by atoms with E-state index in [1.54, 1.807) is 0 Å². The molecule has 0 bridgehead atoms. The van der Waals surface area contributed by atoms with Gasteiger partial charge in [0.25, 0.3) is 0 Å². The first kappa shape index (κ1) is 35.0. The van der Waals surface area contributed by atoms with Gasteiger partial charge in [-0.1, -0.05) is 50.2 Å². The van der Waals surface area contributed by atoms with Crippen LogP contribution in [0.15, 0.2) is 48.5 Å². The summed E-state index contributed by atoms with van der Waals surface area (Å²) in [7, 11) is 0. The van der Waals surface area contributed by atoms with Crippen molar-refractivity contribution in [3.63, 3.8) is 0 Å². The van der Waals surface area contributed by atoms with Crippen LogP contribution in [0, 0.1) is 25.1 Å². The molecule has 2 atom stereocenters. The Morgan fingerprint density at radius 1 is 1.04 bits per heavy atom. The van der Waals surface area contributed by atoms with Crippen LogP contribution < -0.4 is 4.90 Å². The number of aromatic nitrogens is 1. The minimum absolute atomic E-state index is 0.198. The van der Waals surface area contributed by atoms with E-state index in [2.05, 4.69) is 47.9 Å². The van der Waals surface area contributed by atoms with Crippen molar-refractivity contribution in [2.45, 2.75) is 105 Å². The maximum Gasteiger partial charge on any atom is 0.337 e. The summed E-state index contributed by atoms with van der Waals surface area (Å²) in [5.74, 6) is -1.24. The van der Waals surface area contributed by atoms with Gasteiger partial charge in [0.15, 0.2) is 6.10 Å². The molecule has 2 fully saturated rings. The fourth-order valence-electron chi connectivity index (χ4n) is 6.90. The number of ether oxygens (including phenoxy) is 2. The maximum absolute atomic E-state index is 13.6. The molecular formula is C39H52FN3O4. The molecule has 0 aliphatic carbocycles. The zero-order valence-corrected chi connectivity index (χ0v) is 29.2. The van der Waals surface area contributed by atoms with Crippen molar-refractivity contribution in [1.29, 1.82) is 0 Å². The van der Waals surface area contributed by atoms with E-state index < -0.39 is 17.7 Å². The van der Waals surface area contributed by atoms with Gasteiger partial charge in [-0.2, -0.15) is 0 Å². The van der Waals surface area contributed by atoms with E-state index in [1.807, 2.05) is 46.8 Å². The molecule has 0 amide bonds. The molecule has 0 unspecified atom stereocenters. The van der Waals surface area contributed by atoms with Gasteiger partial charge in [-0.25, -0.2) is 9.18 Å². The largest absolute Gasteiger partial charge is 0.479 e. The van der Waals surface area contributed by atoms with E-state index in [9.17, 15) is 14.3 Å². The zero-order chi connectivity index (χ0) is 33.9. The lowest BCUT2D eigenvalue weighted by Gasteiger charge is -2.41. The molecule has 254 valence electrons. The SMILES string of the molecule is Cc1nc(C)c([C@H](OC(C)(C)C)C(=O)O)c(N2CCC(C)(C)CC2)c1-c1ccc(CN(Cc2ccc(F)cc2)C[C@@H]2CCCO2)cc1. The van der Waals surface area contributed by atoms with Crippen LogP contribution in [-0.4, -0.2) is 58.9 Å². The number of aryl methyl sites for hydroxylation is 2. The van der Waals surface area contributed by atoms with Gasteiger partial charge in [0, 0.05) is 61.8 Å². The highest BCUT2D eigenvalue weighted by atomic mass is 19.1. The van der Waals surface area contributed by atoms with Gasteiger partial charge in [-0.3, -0.25) is 9.88 Å².